The molecule has 1 saturated carbocycles. The number of rotatable bonds is 5. The maximum atomic E-state index is 12.2. The number of likely N-dealkylation sites (tertiary alicyclic amines) is 1. The van der Waals surface area contributed by atoms with E-state index in [0.29, 0.717) is 25.9 Å². The first kappa shape index (κ1) is 20.2. The molecule has 8 heteroatoms. The van der Waals surface area contributed by atoms with Crippen LogP contribution in [0.25, 0.3) is 0 Å². The van der Waals surface area contributed by atoms with Gasteiger partial charge < -0.3 is 26.0 Å². The Bertz CT molecular complexity index is 417. The Labute approximate surface area is 152 Å². The van der Waals surface area contributed by atoms with Crippen LogP contribution in [0.5, 0.6) is 0 Å². The summed E-state index contributed by atoms with van der Waals surface area (Å²) in [6.45, 7) is 0.414. The van der Waals surface area contributed by atoms with Crippen molar-refractivity contribution < 1.29 is 20.1 Å². The third-order valence-electron chi connectivity index (χ3n) is 5.53. The van der Waals surface area contributed by atoms with Crippen molar-refractivity contribution in [3.8, 4) is 0 Å². The van der Waals surface area contributed by atoms with Gasteiger partial charge in [0.25, 0.3) is 0 Å². The second kappa shape index (κ2) is 9.01. The third-order valence-corrected chi connectivity index (χ3v) is 6.62. The van der Waals surface area contributed by atoms with E-state index in [9.17, 15) is 9.90 Å². The quantitative estimate of drug-likeness (QED) is 0.506. The number of amides is 1. The van der Waals surface area contributed by atoms with E-state index in [1.54, 1.807) is 4.90 Å². The van der Waals surface area contributed by atoms with Crippen molar-refractivity contribution in [2.24, 2.45) is 23.5 Å². The van der Waals surface area contributed by atoms with E-state index in [0.717, 1.165) is 12.8 Å². The van der Waals surface area contributed by atoms with Gasteiger partial charge in [-0.2, -0.15) is 0 Å². The zero-order chi connectivity index (χ0) is 17.9. The molecule has 24 heavy (non-hydrogen) atoms. The molecule has 0 radical (unpaired) electrons. The lowest BCUT2D eigenvalue weighted by molar-refractivity contribution is -0.140. The van der Waals surface area contributed by atoms with Crippen molar-refractivity contribution in [1.82, 2.24) is 4.90 Å². The second-order valence-electron chi connectivity index (χ2n) is 7.04. The number of aliphatic hydroxyl groups is 3. The molecule has 4 unspecified atom stereocenters. The number of nitrogens with two attached hydrogens (primary N) is 1. The minimum Gasteiger partial charge on any atom is -0.395 e. The van der Waals surface area contributed by atoms with Crippen LogP contribution in [0.15, 0.2) is 0 Å². The van der Waals surface area contributed by atoms with Crippen LogP contribution >= 0.6 is 23.2 Å². The molecule has 1 saturated heterocycles. The third kappa shape index (κ3) is 4.54. The Morgan fingerprint density at radius 1 is 1.12 bits per heavy atom. The van der Waals surface area contributed by atoms with Crippen LogP contribution in [-0.2, 0) is 4.79 Å². The average Bonchev–Trinajstić information content (AvgIpc) is 2.58. The van der Waals surface area contributed by atoms with Crippen molar-refractivity contribution in [2.45, 2.75) is 48.6 Å². The number of hydrogen-bond donors (Lipinski definition) is 4. The number of aliphatic hydroxyl groups excluding tert-OH is 3. The zero-order valence-electron chi connectivity index (χ0n) is 13.7. The van der Waals surface area contributed by atoms with Gasteiger partial charge in [-0.15, -0.1) is 23.2 Å². The van der Waals surface area contributed by atoms with Crippen LogP contribution < -0.4 is 5.73 Å². The van der Waals surface area contributed by atoms with Crippen molar-refractivity contribution in [3.63, 3.8) is 0 Å². The van der Waals surface area contributed by atoms with Crippen molar-refractivity contribution in [2.75, 3.05) is 26.3 Å². The highest BCUT2D eigenvalue weighted by atomic mass is 35.5. The summed E-state index contributed by atoms with van der Waals surface area (Å²) in [7, 11) is 0. The summed E-state index contributed by atoms with van der Waals surface area (Å²) >= 11 is 12.4. The molecule has 5 atom stereocenters. The fourth-order valence-electron chi connectivity index (χ4n) is 3.86. The van der Waals surface area contributed by atoms with Gasteiger partial charge in [0.2, 0.25) is 5.91 Å². The number of carbonyl (C=O) groups is 1. The first-order valence-corrected chi connectivity index (χ1v) is 9.48. The molecule has 1 amide bonds. The lowest BCUT2D eigenvalue weighted by Gasteiger charge is -2.42. The molecule has 0 aromatic carbocycles. The van der Waals surface area contributed by atoms with E-state index in [-0.39, 0.29) is 47.8 Å². The number of piperidine rings is 1. The van der Waals surface area contributed by atoms with Gasteiger partial charge in [-0.1, -0.05) is 0 Å². The zero-order valence-corrected chi connectivity index (χ0v) is 15.2. The van der Waals surface area contributed by atoms with Gasteiger partial charge in [0, 0.05) is 25.0 Å². The highest BCUT2D eigenvalue weighted by Gasteiger charge is 2.41. The molecule has 2 aliphatic rings. The summed E-state index contributed by atoms with van der Waals surface area (Å²) in [5.41, 5.74) is 6.41. The van der Waals surface area contributed by atoms with Gasteiger partial charge in [0.15, 0.2) is 0 Å². The van der Waals surface area contributed by atoms with Gasteiger partial charge in [-0.3, -0.25) is 4.79 Å². The van der Waals surface area contributed by atoms with Gasteiger partial charge in [-0.05, 0) is 31.6 Å². The maximum absolute atomic E-state index is 12.2. The van der Waals surface area contributed by atoms with E-state index in [4.69, 9.17) is 39.1 Å². The Kier molecular flexibility index (Phi) is 7.59. The molecule has 140 valence electrons. The fraction of sp³-hybridized carbons (Fsp3) is 0.938. The van der Waals surface area contributed by atoms with Gasteiger partial charge in [0.1, 0.15) is 0 Å². The largest absolute Gasteiger partial charge is 0.395 e. The molecule has 6 nitrogen and oxygen atoms in total. The minimum absolute atomic E-state index is 0.0719. The van der Waals surface area contributed by atoms with Crippen LogP contribution in [0.2, 0.25) is 0 Å². The van der Waals surface area contributed by atoms with Crippen molar-refractivity contribution in [1.29, 1.82) is 0 Å². The second-order valence-corrected chi connectivity index (χ2v) is 8.16. The van der Waals surface area contributed by atoms with Gasteiger partial charge in [-0.25, -0.2) is 0 Å². The highest BCUT2D eigenvalue weighted by Crippen LogP contribution is 2.37. The summed E-state index contributed by atoms with van der Waals surface area (Å²) in [6, 6.07) is -0.172. The van der Waals surface area contributed by atoms with Gasteiger partial charge in [0.05, 0.1) is 36.0 Å². The van der Waals surface area contributed by atoms with Crippen molar-refractivity contribution in [3.05, 3.63) is 0 Å². The van der Waals surface area contributed by atoms with E-state index >= 15 is 0 Å². The molecule has 2 rings (SSSR count). The first-order valence-electron chi connectivity index (χ1n) is 8.61. The molecule has 5 N–H and O–H groups in total. The number of halogens is 2. The van der Waals surface area contributed by atoms with E-state index in [1.165, 1.54) is 0 Å². The van der Waals surface area contributed by atoms with E-state index in [2.05, 4.69) is 0 Å². The lowest BCUT2D eigenvalue weighted by atomic mass is 9.74. The van der Waals surface area contributed by atoms with Crippen LogP contribution in [0.1, 0.15) is 25.7 Å². The summed E-state index contributed by atoms with van der Waals surface area (Å²) < 4.78 is 0. The predicted molar refractivity (Wildman–Crippen MR) is 93.0 cm³/mol. The Balaban J connectivity index is 1.88. The number of carbonyl (C=O) groups excluding carboxylic acids is 1. The molecule has 0 bridgehead atoms. The van der Waals surface area contributed by atoms with Crippen LogP contribution in [-0.4, -0.2) is 75.3 Å². The lowest BCUT2D eigenvalue weighted by Crippen LogP contribution is -2.52. The standard InChI is InChI=1S/C16H28Cl2N2O4/c17-12-5-11(14(23)6-13(12)18)15(19)9-1-3-20(4-2-9)16(24)10(7-21)8-22/h9-15,21-23H,1-8,19H2/t11?,12?,13?,14?,15-/m1/s1. The summed E-state index contributed by atoms with van der Waals surface area (Å²) in [4.78, 5) is 13.8. The van der Waals surface area contributed by atoms with Crippen LogP contribution in [0.4, 0.5) is 0 Å². The molecule has 0 spiro atoms. The molecule has 2 fully saturated rings. The normalized spacial score (nSPS) is 33.7. The topological polar surface area (TPSA) is 107 Å². The monoisotopic (exact) mass is 382 g/mol. The molecule has 1 aliphatic carbocycles. The molecule has 1 heterocycles. The maximum Gasteiger partial charge on any atom is 0.230 e. The Morgan fingerprint density at radius 3 is 2.21 bits per heavy atom. The molecular formula is C16H28Cl2N2O4. The van der Waals surface area contributed by atoms with Crippen LogP contribution in [0.3, 0.4) is 0 Å². The van der Waals surface area contributed by atoms with Gasteiger partial charge >= 0.3 is 0 Å². The highest BCUT2D eigenvalue weighted by molar-refractivity contribution is 6.30. The Hall–Kier alpha value is -0.110. The van der Waals surface area contributed by atoms with Crippen molar-refractivity contribution >= 4 is 29.1 Å². The predicted octanol–water partition coefficient (Wildman–Crippen LogP) is 0.139. The number of nitrogens with zero attached hydrogens (tertiary/aromatic N) is 1. The average molecular weight is 383 g/mol. The molecular weight excluding hydrogens is 355 g/mol. The molecule has 0 aromatic heterocycles. The molecule has 0 aromatic rings. The summed E-state index contributed by atoms with van der Waals surface area (Å²) in [5, 5.41) is 28.2. The fourth-order valence-corrected chi connectivity index (χ4v) is 4.45. The summed E-state index contributed by atoms with van der Waals surface area (Å²) in [6.07, 6.45) is 2.02. The SMILES string of the molecule is N[C@H](C1CCN(C(=O)C(CO)CO)CC1)C1CC(Cl)C(Cl)CC1O. The minimum atomic E-state index is -0.743. The van der Waals surface area contributed by atoms with Crippen LogP contribution in [0, 0.1) is 17.8 Å². The van der Waals surface area contributed by atoms with E-state index in [1.807, 2.05) is 0 Å². The number of alkyl halides is 2. The van der Waals surface area contributed by atoms with E-state index < -0.39 is 12.0 Å². The smallest absolute Gasteiger partial charge is 0.230 e. The number of hydrogen-bond acceptors (Lipinski definition) is 5. The first-order chi connectivity index (χ1) is 11.4. The molecule has 1 aliphatic heterocycles. The summed E-state index contributed by atoms with van der Waals surface area (Å²) in [5.74, 6) is -0.813. The Morgan fingerprint density at radius 2 is 1.67 bits per heavy atom.